The van der Waals surface area contributed by atoms with Crippen LogP contribution in [0.25, 0.3) is 0 Å². The van der Waals surface area contributed by atoms with E-state index in [4.69, 9.17) is 5.11 Å². The number of anilines is 1. The van der Waals surface area contributed by atoms with Crippen LogP contribution in [0, 0.1) is 0 Å². The summed E-state index contributed by atoms with van der Waals surface area (Å²) in [5.74, 6) is -0.971. The fourth-order valence-electron chi connectivity index (χ4n) is 1.42. The summed E-state index contributed by atoms with van der Waals surface area (Å²) in [7, 11) is 0. The first-order valence-electron chi connectivity index (χ1n) is 5.07. The smallest absolute Gasteiger partial charge is 0.337 e. The molecule has 0 spiro atoms. The summed E-state index contributed by atoms with van der Waals surface area (Å²) < 4.78 is 0. The molecule has 2 aromatic rings. The van der Waals surface area contributed by atoms with Crippen molar-refractivity contribution in [3.05, 3.63) is 54.1 Å². The Balaban J connectivity index is 2.12. The van der Waals surface area contributed by atoms with Gasteiger partial charge in [-0.25, -0.2) is 4.79 Å². The summed E-state index contributed by atoms with van der Waals surface area (Å²) in [6.07, 6.45) is 6.37. The number of carbonyl (C=O) groups is 1. The molecule has 2 rings (SSSR count). The van der Waals surface area contributed by atoms with Gasteiger partial charge in [-0.2, -0.15) is 0 Å². The minimum absolute atomic E-state index is 0.212. The molecule has 2 heterocycles. The van der Waals surface area contributed by atoms with E-state index in [0.717, 1.165) is 5.56 Å². The van der Waals surface area contributed by atoms with Crippen LogP contribution in [0.2, 0.25) is 0 Å². The molecule has 0 radical (unpaired) electrons. The summed E-state index contributed by atoms with van der Waals surface area (Å²) in [5.41, 5.74) is 1.69. The SMILES string of the molecule is O=C(O)c1ccncc1NCc1cccnc1. The molecule has 0 aliphatic heterocycles. The molecule has 0 aromatic carbocycles. The Labute approximate surface area is 98.2 Å². The lowest BCUT2D eigenvalue weighted by Gasteiger charge is -2.08. The van der Waals surface area contributed by atoms with Crippen LogP contribution in [0.15, 0.2) is 43.0 Å². The Kier molecular flexibility index (Phi) is 3.30. The lowest BCUT2D eigenvalue weighted by atomic mass is 10.2. The Bertz CT molecular complexity index is 514. The van der Waals surface area contributed by atoms with E-state index in [9.17, 15) is 4.79 Å². The molecule has 0 amide bonds. The zero-order valence-electron chi connectivity index (χ0n) is 9.00. The van der Waals surface area contributed by atoms with Crippen LogP contribution in [0.4, 0.5) is 5.69 Å². The number of aromatic nitrogens is 2. The largest absolute Gasteiger partial charge is 0.478 e. The molecule has 0 aliphatic carbocycles. The zero-order chi connectivity index (χ0) is 12.1. The normalized spacial score (nSPS) is 9.88. The Morgan fingerprint density at radius 2 is 2.06 bits per heavy atom. The summed E-state index contributed by atoms with van der Waals surface area (Å²) in [6, 6.07) is 5.21. The van der Waals surface area contributed by atoms with Gasteiger partial charge in [-0.15, -0.1) is 0 Å². The molecular formula is C12H11N3O2. The third-order valence-electron chi connectivity index (χ3n) is 2.26. The summed E-state index contributed by atoms with van der Waals surface area (Å²) in [6.45, 7) is 0.514. The molecule has 5 nitrogen and oxygen atoms in total. The maximum Gasteiger partial charge on any atom is 0.337 e. The summed E-state index contributed by atoms with van der Waals surface area (Å²) >= 11 is 0. The molecule has 2 N–H and O–H groups in total. The van der Waals surface area contributed by atoms with E-state index >= 15 is 0 Å². The number of aromatic carboxylic acids is 1. The number of rotatable bonds is 4. The van der Waals surface area contributed by atoms with Crippen molar-refractivity contribution < 1.29 is 9.90 Å². The van der Waals surface area contributed by atoms with Gasteiger partial charge in [-0.05, 0) is 17.7 Å². The van der Waals surface area contributed by atoms with Crippen LogP contribution in [-0.2, 0) is 6.54 Å². The minimum atomic E-state index is -0.971. The Morgan fingerprint density at radius 3 is 2.76 bits per heavy atom. The van der Waals surface area contributed by atoms with Crippen molar-refractivity contribution in [1.82, 2.24) is 9.97 Å². The third kappa shape index (κ3) is 2.78. The number of nitrogens with one attached hydrogen (secondary N) is 1. The first kappa shape index (κ1) is 11.1. The van der Waals surface area contributed by atoms with Gasteiger partial charge in [-0.1, -0.05) is 6.07 Å². The summed E-state index contributed by atoms with van der Waals surface area (Å²) in [4.78, 5) is 18.8. The van der Waals surface area contributed by atoms with Gasteiger partial charge in [0.1, 0.15) is 0 Å². The minimum Gasteiger partial charge on any atom is -0.478 e. The molecule has 0 saturated heterocycles. The topological polar surface area (TPSA) is 75.1 Å². The van der Waals surface area contributed by atoms with E-state index in [2.05, 4.69) is 15.3 Å². The summed E-state index contributed by atoms with van der Waals surface area (Å²) in [5, 5.41) is 12.0. The highest BCUT2D eigenvalue weighted by atomic mass is 16.4. The zero-order valence-corrected chi connectivity index (χ0v) is 9.00. The van der Waals surface area contributed by atoms with Gasteiger partial charge in [0, 0.05) is 25.1 Å². The first-order chi connectivity index (χ1) is 8.27. The highest BCUT2D eigenvalue weighted by Crippen LogP contribution is 2.14. The lowest BCUT2D eigenvalue weighted by molar-refractivity contribution is 0.0698. The molecule has 86 valence electrons. The van der Waals surface area contributed by atoms with Crippen molar-refractivity contribution in [3.63, 3.8) is 0 Å². The fourth-order valence-corrected chi connectivity index (χ4v) is 1.42. The monoisotopic (exact) mass is 229 g/mol. The van der Waals surface area contributed by atoms with Crippen LogP contribution in [0.5, 0.6) is 0 Å². The van der Waals surface area contributed by atoms with E-state index in [1.54, 1.807) is 12.4 Å². The number of carboxylic acids is 1. The molecule has 0 unspecified atom stereocenters. The van der Waals surface area contributed by atoms with Crippen LogP contribution < -0.4 is 5.32 Å². The molecular weight excluding hydrogens is 218 g/mol. The standard InChI is InChI=1S/C12H11N3O2/c16-12(17)10-3-5-14-8-11(10)15-7-9-2-1-4-13-6-9/h1-6,8,15H,7H2,(H,16,17). The fraction of sp³-hybridized carbons (Fsp3) is 0.0833. The van der Waals surface area contributed by atoms with E-state index < -0.39 is 5.97 Å². The van der Waals surface area contributed by atoms with Gasteiger partial charge in [0.05, 0.1) is 17.4 Å². The maximum atomic E-state index is 11.0. The Hall–Kier alpha value is -2.43. The lowest BCUT2D eigenvalue weighted by Crippen LogP contribution is -2.06. The van der Waals surface area contributed by atoms with Crippen molar-refractivity contribution in [2.45, 2.75) is 6.54 Å². The molecule has 5 heteroatoms. The molecule has 17 heavy (non-hydrogen) atoms. The van der Waals surface area contributed by atoms with Gasteiger partial charge >= 0.3 is 5.97 Å². The number of pyridine rings is 2. The van der Waals surface area contributed by atoms with Crippen molar-refractivity contribution in [2.75, 3.05) is 5.32 Å². The second-order valence-electron chi connectivity index (χ2n) is 3.44. The van der Waals surface area contributed by atoms with E-state index in [1.165, 1.54) is 18.5 Å². The van der Waals surface area contributed by atoms with Crippen molar-refractivity contribution in [2.24, 2.45) is 0 Å². The highest BCUT2D eigenvalue weighted by molar-refractivity contribution is 5.93. The Morgan fingerprint density at radius 1 is 1.24 bits per heavy atom. The maximum absolute atomic E-state index is 11.0. The van der Waals surface area contributed by atoms with E-state index in [-0.39, 0.29) is 5.56 Å². The molecule has 2 aromatic heterocycles. The van der Waals surface area contributed by atoms with E-state index in [1.807, 2.05) is 12.1 Å². The van der Waals surface area contributed by atoms with Gasteiger partial charge in [0.25, 0.3) is 0 Å². The van der Waals surface area contributed by atoms with Crippen molar-refractivity contribution in [1.29, 1.82) is 0 Å². The molecule has 0 saturated carbocycles. The van der Waals surface area contributed by atoms with Crippen LogP contribution in [0.1, 0.15) is 15.9 Å². The van der Waals surface area contributed by atoms with Crippen LogP contribution in [-0.4, -0.2) is 21.0 Å². The van der Waals surface area contributed by atoms with E-state index in [0.29, 0.717) is 12.2 Å². The van der Waals surface area contributed by atoms with Crippen molar-refractivity contribution >= 4 is 11.7 Å². The second kappa shape index (κ2) is 5.07. The number of hydrogen-bond acceptors (Lipinski definition) is 4. The third-order valence-corrected chi connectivity index (χ3v) is 2.26. The quantitative estimate of drug-likeness (QED) is 0.835. The first-order valence-corrected chi connectivity index (χ1v) is 5.07. The number of hydrogen-bond donors (Lipinski definition) is 2. The van der Waals surface area contributed by atoms with Gasteiger partial charge in [-0.3, -0.25) is 9.97 Å². The highest BCUT2D eigenvalue weighted by Gasteiger charge is 2.08. The average Bonchev–Trinajstić information content (AvgIpc) is 2.38. The molecule has 0 atom stereocenters. The predicted octanol–water partition coefficient (Wildman–Crippen LogP) is 1.79. The van der Waals surface area contributed by atoms with Gasteiger partial charge < -0.3 is 10.4 Å². The average molecular weight is 229 g/mol. The van der Waals surface area contributed by atoms with Crippen LogP contribution in [0.3, 0.4) is 0 Å². The number of carboxylic acid groups (broad SMARTS) is 1. The predicted molar refractivity (Wildman–Crippen MR) is 62.8 cm³/mol. The second-order valence-corrected chi connectivity index (χ2v) is 3.44. The molecule has 0 bridgehead atoms. The van der Waals surface area contributed by atoms with Gasteiger partial charge in [0.15, 0.2) is 0 Å². The number of nitrogens with zero attached hydrogens (tertiary/aromatic N) is 2. The van der Waals surface area contributed by atoms with Crippen LogP contribution >= 0.6 is 0 Å². The molecule has 0 aliphatic rings. The molecule has 0 fully saturated rings. The van der Waals surface area contributed by atoms with Gasteiger partial charge in [0.2, 0.25) is 0 Å². The van der Waals surface area contributed by atoms with Crippen molar-refractivity contribution in [3.8, 4) is 0 Å².